The lowest BCUT2D eigenvalue weighted by Gasteiger charge is -1.99. The standard InChI is InChI=1S/C11H12N4O3S/c1-2-5-12-11(19)14-13-7-8-6-9(15(17)18)3-4-10(8)16/h2-4,6-7,16H,1,5H2,(H2,12,14,19)/p+1/b13-7+. The monoisotopic (exact) mass is 281 g/mol. The molecule has 100 valence electrons. The number of rotatable bonds is 5. The number of aromatic hydroxyl groups is 1. The van der Waals surface area contributed by atoms with Gasteiger partial charge >= 0.3 is 0 Å². The maximum atomic E-state index is 10.6. The number of thiocarbonyl (C=S) groups is 1. The van der Waals surface area contributed by atoms with Crippen LogP contribution in [0.3, 0.4) is 0 Å². The number of nitro benzene ring substituents is 1. The Balaban J connectivity index is 2.70. The fourth-order valence-corrected chi connectivity index (χ4v) is 1.30. The van der Waals surface area contributed by atoms with Crippen molar-refractivity contribution >= 4 is 29.2 Å². The lowest BCUT2D eigenvalue weighted by Crippen LogP contribution is -2.82. The first kappa shape index (κ1) is 14.6. The van der Waals surface area contributed by atoms with Crippen molar-refractivity contribution in [3.05, 3.63) is 46.5 Å². The lowest BCUT2D eigenvalue weighted by molar-refractivity contribution is -0.500. The molecule has 0 radical (unpaired) electrons. The number of hydrazone groups is 1. The van der Waals surface area contributed by atoms with Crippen LogP contribution in [-0.4, -0.2) is 27.9 Å². The minimum absolute atomic E-state index is 0.0788. The largest absolute Gasteiger partial charge is 0.507 e. The highest BCUT2D eigenvalue weighted by atomic mass is 32.1. The zero-order valence-corrected chi connectivity index (χ0v) is 10.7. The van der Waals surface area contributed by atoms with Crippen molar-refractivity contribution in [1.82, 2.24) is 10.7 Å². The van der Waals surface area contributed by atoms with Crippen LogP contribution in [0.2, 0.25) is 0 Å². The minimum Gasteiger partial charge on any atom is -0.507 e. The first-order valence-electron chi connectivity index (χ1n) is 5.25. The van der Waals surface area contributed by atoms with Gasteiger partial charge in [0.2, 0.25) is 11.3 Å². The highest BCUT2D eigenvalue weighted by molar-refractivity contribution is 7.80. The van der Waals surface area contributed by atoms with E-state index in [2.05, 4.69) is 22.4 Å². The molecule has 0 aliphatic heterocycles. The fourth-order valence-electron chi connectivity index (χ4n) is 1.16. The van der Waals surface area contributed by atoms with Crippen LogP contribution in [0.4, 0.5) is 5.69 Å². The number of benzene rings is 1. The second-order valence-electron chi connectivity index (χ2n) is 3.41. The summed E-state index contributed by atoms with van der Waals surface area (Å²) < 4.78 is 0. The quantitative estimate of drug-likeness (QED) is 0.188. The van der Waals surface area contributed by atoms with E-state index in [-0.39, 0.29) is 17.0 Å². The minimum atomic E-state index is -0.541. The number of nitrogens with one attached hydrogen (secondary N) is 3. The maximum Gasteiger partial charge on any atom is 0.270 e. The molecular formula is C11H13N4O3S+. The molecule has 7 nitrogen and oxygen atoms in total. The van der Waals surface area contributed by atoms with Gasteiger partial charge in [-0.15, -0.1) is 17.1 Å². The van der Waals surface area contributed by atoms with E-state index in [1.54, 1.807) is 6.08 Å². The summed E-state index contributed by atoms with van der Waals surface area (Å²) in [7, 11) is 0. The van der Waals surface area contributed by atoms with Gasteiger partial charge in [0, 0.05) is 18.7 Å². The van der Waals surface area contributed by atoms with Crippen LogP contribution < -0.4 is 15.8 Å². The Labute approximate surface area is 114 Å². The van der Waals surface area contributed by atoms with Crippen molar-refractivity contribution in [2.45, 2.75) is 0 Å². The fraction of sp³-hybridized carbons (Fsp3) is 0.0909. The number of phenolic OH excluding ortho intramolecular Hbond substituents is 1. The van der Waals surface area contributed by atoms with Crippen LogP contribution in [0, 0.1) is 10.1 Å². The van der Waals surface area contributed by atoms with E-state index in [9.17, 15) is 15.2 Å². The molecule has 0 atom stereocenters. The second-order valence-corrected chi connectivity index (χ2v) is 3.82. The zero-order valence-electron chi connectivity index (χ0n) is 9.92. The summed E-state index contributed by atoms with van der Waals surface area (Å²) in [6.07, 6.45) is 3.01. The van der Waals surface area contributed by atoms with E-state index in [0.717, 1.165) is 0 Å². The van der Waals surface area contributed by atoms with E-state index in [1.165, 1.54) is 24.4 Å². The van der Waals surface area contributed by atoms with E-state index < -0.39 is 4.92 Å². The summed E-state index contributed by atoms with van der Waals surface area (Å²) in [6.45, 7) is 4.03. The third-order valence-electron chi connectivity index (χ3n) is 2.04. The van der Waals surface area contributed by atoms with Crippen LogP contribution in [-0.2, 0) is 0 Å². The van der Waals surface area contributed by atoms with Crippen molar-refractivity contribution in [2.75, 3.05) is 6.54 Å². The molecule has 0 fully saturated rings. The summed E-state index contributed by atoms with van der Waals surface area (Å²) in [4.78, 5) is 10.1. The number of hydrogen-bond acceptors (Lipinski definition) is 4. The Morgan fingerprint density at radius 1 is 1.63 bits per heavy atom. The van der Waals surface area contributed by atoms with Gasteiger partial charge in [-0.3, -0.25) is 10.1 Å². The Morgan fingerprint density at radius 2 is 2.37 bits per heavy atom. The summed E-state index contributed by atoms with van der Waals surface area (Å²) in [5, 5.41) is 25.9. The van der Waals surface area contributed by atoms with Crippen LogP contribution >= 0.6 is 12.2 Å². The van der Waals surface area contributed by atoms with Gasteiger partial charge in [0.05, 0.1) is 10.5 Å². The second kappa shape index (κ2) is 7.07. The van der Waals surface area contributed by atoms with Crippen molar-refractivity contribution in [1.29, 1.82) is 0 Å². The first-order valence-corrected chi connectivity index (χ1v) is 5.66. The van der Waals surface area contributed by atoms with Gasteiger partial charge in [0.25, 0.3) is 5.69 Å². The van der Waals surface area contributed by atoms with Crippen LogP contribution in [0.1, 0.15) is 5.56 Å². The van der Waals surface area contributed by atoms with Crippen molar-refractivity contribution in [3.8, 4) is 5.75 Å². The number of hydrogen-bond donors (Lipinski definition) is 4. The van der Waals surface area contributed by atoms with Crippen molar-refractivity contribution in [3.63, 3.8) is 0 Å². The van der Waals surface area contributed by atoms with Gasteiger partial charge in [-0.1, -0.05) is 6.08 Å². The van der Waals surface area contributed by atoms with E-state index in [0.29, 0.717) is 11.7 Å². The number of nitrogens with zero attached hydrogens (tertiary/aromatic N) is 1. The number of hydrazine groups is 1. The van der Waals surface area contributed by atoms with Gasteiger partial charge in [-0.05, 0) is 18.3 Å². The molecule has 0 bridgehead atoms. The van der Waals surface area contributed by atoms with Crippen LogP contribution in [0.25, 0.3) is 0 Å². The molecule has 1 rings (SSSR count). The predicted octanol–water partition coefficient (Wildman–Crippen LogP) is -0.635. The molecular weight excluding hydrogens is 268 g/mol. The molecule has 0 saturated heterocycles. The highest BCUT2D eigenvalue weighted by Gasteiger charge is 2.10. The van der Waals surface area contributed by atoms with Crippen molar-refractivity contribution < 1.29 is 15.1 Å². The molecule has 8 heteroatoms. The molecule has 19 heavy (non-hydrogen) atoms. The summed E-state index contributed by atoms with van der Waals surface area (Å²) in [6, 6.07) is 3.71. The molecule has 0 aliphatic carbocycles. The van der Waals surface area contributed by atoms with E-state index in [1.807, 2.05) is 0 Å². The SMILES string of the molecule is C=CCNC(=S)N/[NH+]=C/c1cc([N+](=O)[O-])ccc1O. The Morgan fingerprint density at radius 3 is 3.00 bits per heavy atom. The van der Waals surface area contributed by atoms with Crippen LogP contribution in [0.5, 0.6) is 5.75 Å². The molecule has 0 aliphatic rings. The third-order valence-corrected chi connectivity index (χ3v) is 2.29. The molecule has 0 saturated carbocycles. The summed E-state index contributed by atoms with van der Waals surface area (Å²) >= 11 is 4.91. The van der Waals surface area contributed by atoms with E-state index >= 15 is 0 Å². The Hall–Kier alpha value is -2.48. The van der Waals surface area contributed by atoms with Crippen LogP contribution in [0.15, 0.2) is 30.9 Å². The Kier molecular flexibility index (Phi) is 5.42. The summed E-state index contributed by atoms with van der Waals surface area (Å²) in [5.41, 5.74) is 2.79. The third kappa shape index (κ3) is 4.72. The maximum absolute atomic E-state index is 10.6. The number of nitro groups is 1. The molecule has 0 aromatic heterocycles. The number of phenols is 1. The van der Waals surface area contributed by atoms with Gasteiger partial charge in [0.15, 0.2) is 0 Å². The highest BCUT2D eigenvalue weighted by Crippen LogP contribution is 2.20. The predicted molar refractivity (Wildman–Crippen MR) is 74.8 cm³/mol. The van der Waals surface area contributed by atoms with E-state index in [4.69, 9.17) is 12.2 Å². The Bertz CT molecular complexity index is 531. The molecule has 1 aromatic rings. The first-order chi connectivity index (χ1) is 9.04. The zero-order chi connectivity index (χ0) is 14.3. The summed E-state index contributed by atoms with van der Waals surface area (Å²) in [5.74, 6) is -0.0788. The van der Waals surface area contributed by atoms with Gasteiger partial charge in [-0.2, -0.15) is 0 Å². The van der Waals surface area contributed by atoms with Gasteiger partial charge in [0.1, 0.15) is 5.75 Å². The van der Waals surface area contributed by atoms with Crippen molar-refractivity contribution in [2.24, 2.45) is 0 Å². The average molecular weight is 281 g/mol. The molecule has 0 spiro atoms. The molecule has 0 amide bonds. The van der Waals surface area contributed by atoms with Gasteiger partial charge in [-0.25, -0.2) is 0 Å². The number of non-ortho nitro benzene ring substituents is 1. The molecule has 4 N–H and O–H groups in total. The lowest BCUT2D eigenvalue weighted by atomic mass is 10.2. The topological polar surface area (TPSA) is 101 Å². The molecule has 0 heterocycles. The van der Waals surface area contributed by atoms with Gasteiger partial charge < -0.3 is 10.4 Å². The smallest absolute Gasteiger partial charge is 0.270 e. The molecule has 0 unspecified atom stereocenters. The normalized spacial score (nSPS) is 10.1. The average Bonchev–Trinajstić information content (AvgIpc) is 2.38. The molecule has 1 aromatic carbocycles.